The lowest BCUT2D eigenvalue weighted by Crippen LogP contribution is -1.99. The second-order valence-electron chi connectivity index (χ2n) is 5.56. The van der Waals surface area contributed by atoms with E-state index in [2.05, 4.69) is 32.7 Å². The van der Waals surface area contributed by atoms with E-state index in [0.717, 1.165) is 30.1 Å². The minimum absolute atomic E-state index is 0.437. The van der Waals surface area contributed by atoms with E-state index < -0.39 is 0 Å². The highest BCUT2D eigenvalue weighted by molar-refractivity contribution is 5.33. The van der Waals surface area contributed by atoms with Gasteiger partial charge in [0.15, 0.2) is 0 Å². The molecular formula is C15H16N6O. The van der Waals surface area contributed by atoms with Gasteiger partial charge in [-0.05, 0) is 31.9 Å². The molecule has 0 bridgehead atoms. The zero-order chi connectivity index (χ0) is 14.9. The molecule has 112 valence electrons. The van der Waals surface area contributed by atoms with Crippen LogP contribution in [0.3, 0.4) is 0 Å². The van der Waals surface area contributed by atoms with Crippen molar-refractivity contribution in [1.29, 1.82) is 0 Å². The molecule has 0 unspecified atom stereocenters. The Hall–Kier alpha value is -2.70. The molecule has 7 nitrogen and oxygen atoms in total. The Morgan fingerprint density at radius 2 is 2.00 bits per heavy atom. The molecule has 7 heteroatoms. The van der Waals surface area contributed by atoms with Crippen LogP contribution in [0.2, 0.25) is 0 Å². The molecular weight excluding hydrogens is 280 g/mol. The van der Waals surface area contributed by atoms with E-state index in [1.165, 1.54) is 5.56 Å². The van der Waals surface area contributed by atoms with Crippen LogP contribution in [0.1, 0.15) is 35.9 Å². The van der Waals surface area contributed by atoms with E-state index >= 15 is 0 Å². The first-order chi connectivity index (χ1) is 10.8. The molecule has 0 radical (unpaired) electrons. The van der Waals surface area contributed by atoms with E-state index in [4.69, 9.17) is 4.42 Å². The molecule has 0 amide bonds. The number of aryl methyl sites for hydroxylation is 1. The van der Waals surface area contributed by atoms with Crippen molar-refractivity contribution >= 4 is 6.01 Å². The second-order valence-corrected chi connectivity index (χ2v) is 5.56. The third kappa shape index (κ3) is 2.69. The number of anilines is 1. The highest BCUT2D eigenvalue weighted by Gasteiger charge is 2.29. The lowest BCUT2D eigenvalue weighted by atomic mass is 10.2. The lowest BCUT2D eigenvalue weighted by molar-refractivity contribution is 0.506. The number of nitrogens with one attached hydrogen (secondary N) is 1. The van der Waals surface area contributed by atoms with Crippen molar-refractivity contribution < 1.29 is 4.42 Å². The SMILES string of the molecule is Cc1ccc(-n2cc(CNc3nnc(C4CC4)o3)nn2)cc1. The maximum Gasteiger partial charge on any atom is 0.315 e. The van der Waals surface area contributed by atoms with Gasteiger partial charge in [-0.3, -0.25) is 0 Å². The average Bonchev–Trinajstić information content (AvgIpc) is 3.09. The maximum absolute atomic E-state index is 5.55. The maximum atomic E-state index is 5.55. The van der Waals surface area contributed by atoms with Gasteiger partial charge in [-0.25, -0.2) is 4.68 Å². The summed E-state index contributed by atoms with van der Waals surface area (Å²) in [6.07, 6.45) is 4.18. The number of aromatic nitrogens is 5. The molecule has 22 heavy (non-hydrogen) atoms. The Balaban J connectivity index is 1.41. The molecule has 1 aliphatic carbocycles. The topological polar surface area (TPSA) is 81.7 Å². The summed E-state index contributed by atoms with van der Waals surface area (Å²) in [5.74, 6) is 1.19. The number of rotatable bonds is 5. The molecule has 0 aliphatic heterocycles. The van der Waals surface area contributed by atoms with Crippen molar-refractivity contribution in [3.63, 3.8) is 0 Å². The highest BCUT2D eigenvalue weighted by atomic mass is 16.4. The van der Waals surface area contributed by atoms with Gasteiger partial charge in [0.05, 0.1) is 18.4 Å². The van der Waals surface area contributed by atoms with Gasteiger partial charge >= 0.3 is 6.01 Å². The van der Waals surface area contributed by atoms with Crippen molar-refractivity contribution in [2.24, 2.45) is 0 Å². The molecule has 2 heterocycles. The molecule has 0 spiro atoms. The number of hydrogen-bond donors (Lipinski definition) is 1. The van der Waals surface area contributed by atoms with Crippen molar-refractivity contribution in [2.75, 3.05) is 5.32 Å². The minimum atomic E-state index is 0.437. The molecule has 4 rings (SSSR count). The summed E-state index contributed by atoms with van der Waals surface area (Å²) in [6.45, 7) is 2.55. The van der Waals surface area contributed by atoms with Gasteiger partial charge in [0.1, 0.15) is 5.69 Å². The standard InChI is InChI=1S/C15H16N6O/c1-10-2-6-13(7-3-10)21-9-12(17-20-21)8-16-15-19-18-14(22-15)11-4-5-11/h2-3,6-7,9,11H,4-5,8H2,1H3,(H,16,19). The molecule has 0 saturated heterocycles. The first-order valence-electron chi connectivity index (χ1n) is 7.33. The summed E-state index contributed by atoms with van der Waals surface area (Å²) in [5, 5.41) is 19.4. The molecule has 2 aromatic heterocycles. The van der Waals surface area contributed by atoms with Gasteiger partial charge in [-0.1, -0.05) is 28.0 Å². The third-order valence-corrected chi connectivity index (χ3v) is 3.63. The third-order valence-electron chi connectivity index (χ3n) is 3.63. The van der Waals surface area contributed by atoms with Crippen molar-refractivity contribution in [1.82, 2.24) is 25.2 Å². The van der Waals surface area contributed by atoms with Gasteiger partial charge in [0.2, 0.25) is 5.89 Å². The van der Waals surface area contributed by atoms with Crippen LogP contribution in [0.5, 0.6) is 0 Å². The lowest BCUT2D eigenvalue weighted by Gasteiger charge is -1.99. The Labute approximate surface area is 127 Å². The Morgan fingerprint density at radius 1 is 1.18 bits per heavy atom. The van der Waals surface area contributed by atoms with Crippen LogP contribution in [-0.4, -0.2) is 25.2 Å². The first-order valence-corrected chi connectivity index (χ1v) is 7.33. The summed E-state index contributed by atoms with van der Waals surface area (Å²) >= 11 is 0. The fraction of sp³-hybridized carbons (Fsp3) is 0.333. The van der Waals surface area contributed by atoms with Crippen LogP contribution >= 0.6 is 0 Å². The molecule has 1 aromatic carbocycles. The van der Waals surface area contributed by atoms with Crippen LogP contribution in [0.4, 0.5) is 6.01 Å². The highest BCUT2D eigenvalue weighted by Crippen LogP contribution is 2.39. The zero-order valence-corrected chi connectivity index (χ0v) is 12.2. The fourth-order valence-corrected chi connectivity index (χ4v) is 2.17. The van der Waals surface area contributed by atoms with E-state index in [0.29, 0.717) is 18.5 Å². The number of nitrogens with zero attached hydrogens (tertiary/aromatic N) is 5. The Kier molecular flexibility index (Phi) is 3.10. The van der Waals surface area contributed by atoms with Gasteiger partial charge in [0, 0.05) is 5.92 Å². The number of hydrogen-bond acceptors (Lipinski definition) is 6. The molecule has 1 aliphatic rings. The first kappa shape index (κ1) is 13.0. The van der Waals surface area contributed by atoms with E-state index in [-0.39, 0.29) is 0 Å². The van der Waals surface area contributed by atoms with Crippen molar-refractivity contribution in [3.8, 4) is 5.69 Å². The van der Waals surface area contributed by atoms with Crippen LogP contribution < -0.4 is 5.32 Å². The average molecular weight is 296 g/mol. The van der Waals surface area contributed by atoms with Gasteiger partial charge in [-0.15, -0.1) is 10.2 Å². The zero-order valence-electron chi connectivity index (χ0n) is 12.2. The molecule has 0 atom stereocenters. The second kappa shape index (κ2) is 5.25. The van der Waals surface area contributed by atoms with Crippen molar-refractivity contribution in [2.45, 2.75) is 32.2 Å². The fourth-order valence-electron chi connectivity index (χ4n) is 2.17. The summed E-state index contributed by atoms with van der Waals surface area (Å²) in [6, 6.07) is 8.56. The van der Waals surface area contributed by atoms with E-state index in [1.54, 1.807) is 4.68 Å². The van der Waals surface area contributed by atoms with Gasteiger partial charge in [-0.2, -0.15) is 0 Å². The molecule has 1 fully saturated rings. The summed E-state index contributed by atoms with van der Waals surface area (Å²) in [4.78, 5) is 0. The van der Waals surface area contributed by atoms with E-state index in [1.807, 2.05) is 30.5 Å². The quantitative estimate of drug-likeness (QED) is 0.778. The van der Waals surface area contributed by atoms with Crippen LogP contribution in [-0.2, 0) is 6.54 Å². The van der Waals surface area contributed by atoms with Crippen LogP contribution in [0.15, 0.2) is 34.9 Å². The molecule has 1 saturated carbocycles. The normalized spacial score (nSPS) is 14.2. The van der Waals surface area contributed by atoms with Gasteiger partial charge < -0.3 is 9.73 Å². The minimum Gasteiger partial charge on any atom is -0.408 e. The Morgan fingerprint density at radius 3 is 2.77 bits per heavy atom. The predicted molar refractivity (Wildman–Crippen MR) is 79.7 cm³/mol. The van der Waals surface area contributed by atoms with E-state index in [9.17, 15) is 0 Å². The van der Waals surface area contributed by atoms with Crippen molar-refractivity contribution in [3.05, 3.63) is 47.6 Å². The summed E-state index contributed by atoms with van der Waals surface area (Å²) < 4.78 is 7.30. The molecule has 1 N–H and O–H groups in total. The predicted octanol–water partition coefficient (Wildman–Crippen LogP) is 2.45. The monoisotopic (exact) mass is 296 g/mol. The largest absolute Gasteiger partial charge is 0.408 e. The van der Waals surface area contributed by atoms with Gasteiger partial charge in [0.25, 0.3) is 0 Å². The smallest absolute Gasteiger partial charge is 0.315 e. The summed E-state index contributed by atoms with van der Waals surface area (Å²) in [7, 11) is 0. The van der Waals surface area contributed by atoms with Crippen LogP contribution in [0.25, 0.3) is 5.69 Å². The van der Waals surface area contributed by atoms with Crippen LogP contribution in [0, 0.1) is 6.92 Å². The molecule has 3 aromatic rings. The number of benzene rings is 1. The summed E-state index contributed by atoms with van der Waals surface area (Å²) in [5.41, 5.74) is 3.01. The Bertz CT molecular complexity index is 771.